The van der Waals surface area contributed by atoms with E-state index >= 15 is 0 Å². The van der Waals surface area contributed by atoms with Crippen molar-refractivity contribution in [2.24, 2.45) is 5.92 Å². The Morgan fingerprint density at radius 1 is 1.00 bits per heavy atom. The van der Waals surface area contributed by atoms with E-state index in [1.54, 1.807) is 13.8 Å². The van der Waals surface area contributed by atoms with E-state index in [2.05, 4.69) is 103 Å². The fourth-order valence-corrected chi connectivity index (χ4v) is 6.30. The summed E-state index contributed by atoms with van der Waals surface area (Å²) in [7, 11) is 0. The third kappa shape index (κ3) is 6.29. The van der Waals surface area contributed by atoms with Crippen LogP contribution >= 0.6 is 0 Å². The molecule has 0 saturated carbocycles. The van der Waals surface area contributed by atoms with Crippen molar-refractivity contribution in [3.8, 4) is 11.3 Å². The molecule has 5 heteroatoms. The predicted octanol–water partition coefficient (Wildman–Crippen LogP) is 7.49. The van der Waals surface area contributed by atoms with Crippen molar-refractivity contribution in [3.05, 3.63) is 113 Å². The van der Waals surface area contributed by atoms with E-state index in [0.29, 0.717) is 18.3 Å². The van der Waals surface area contributed by atoms with Gasteiger partial charge in [0, 0.05) is 37.7 Å². The summed E-state index contributed by atoms with van der Waals surface area (Å²) in [5.41, 5.74) is 9.31. The van der Waals surface area contributed by atoms with Gasteiger partial charge in [-0.25, -0.2) is 0 Å². The van der Waals surface area contributed by atoms with Gasteiger partial charge in [-0.15, -0.1) is 34.9 Å². The topological polar surface area (TPSA) is 66.2 Å². The van der Waals surface area contributed by atoms with Gasteiger partial charge >= 0.3 is 0 Å². The smallest absolute Gasteiger partial charge is 0.0539 e. The number of allylic oxidation sites excluding steroid dienone is 4. The molecular weight excluding hydrogens is 685 g/mol. The fourth-order valence-electron chi connectivity index (χ4n) is 6.30. The second kappa shape index (κ2) is 12.5. The maximum Gasteiger partial charge on any atom is 0.0539 e. The van der Waals surface area contributed by atoms with E-state index in [4.69, 9.17) is 10.2 Å². The van der Waals surface area contributed by atoms with Crippen molar-refractivity contribution < 1.29 is 30.3 Å². The van der Waals surface area contributed by atoms with Gasteiger partial charge in [0.1, 0.15) is 0 Å². The molecular formula is C36H39IrN2O2-. The molecule has 215 valence electrons. The van der Waals surface area contributed by atoms with Crippen molar-refractivity contribution in [1.29, 1.82) is 0 Å². The third-order valence-electron chi connectivity index (χ3n) is 8.20. The molecule has 1 aromatic heterocycles. The van der Waals surface area contributed by atoms with Crippen LogP contribution in [0.3, 0.4) is 0 Å². The van der Waals surface area contributed by atoms with Crippen LogP contribution in [0.4, 0.5) is 0 Å². The zero-order valence-electron chi connectivity index (χ0n) is 24.6. The first kappa shape index (κ1) is 31.0. The molecule has 4 aromatic rings. The van der Waals surface area contributed by atoms with E-state index in [1.807, 2.05) is 20.0 Å². The van der Waals surface area contributed by atoms with Gasteiger partial charge in [-0.3, -0.25) is 4.98 Å². The Kier molecular flexibility index (Phi) is 9.45. The van der Waals surface area contributed by atoms with Gasteiger partial charge in [0.2, 0.25) is 0 Å². The number of fused-ring (bicyclic) bond motifs is 4. The minimum Gasteiger partial charge on any atom is -0.393 e. The molecule has 0 bridgehead atoms. The molecule has 0 saturated heterocycles. The van der Waals surface area contributed by atoms with Gasteiger partial charge in [0.15, 0.2) is 0 Å². The van der Waals surface area contributed by atoms with Crippen LogP contribution in [0.15, 0.2) is 79.0 Å². The van der Waals surface area contributed by atoms with Crippen LogP contribution in [-0.4, -0.2) is 32.4 Å². The molecule has 41 heavy (non-hydrogen) atoms. The van der Waals surface area contributed by atoms with Gasteiger partial charge in [0.25, 0.3) is 0 Å². The van der Waals surface area contributed by atoms with E-state index in [0.717, 1.165) is 22.6 Å². The number of aryl methyl sites for hydroxylation is 2. The summed E-state index contributed by atoms with van der Waals surface area (Å²) in [4.78, 5) is 9.29. The second-order valence-corrected chi connectivity index (χ2v) is 11.9. The quantitative estimate of drug-likeness (QED) is 0.214. The van der Waals surface area contributed by atoms with E-state index in [-0.39, 0.29) is 37.7 Å². The molecule has 4 unspecified atom stereocenters. The van der Waals surface area contributed by atoms with Gasteiger partial charge < -0.3 is 15.2 Å². The Morgan fingerprint density at radius 2 is 1.71 bits per heavy atom. The number of rotatable bonds is 4. The van der Waals surface area contributed by atoms with Crippen LogP contribution in [0.1, 0.15) is 68.1 Å². The number of aromatic nitrogens is 2. The van der Waals surface area contributed by atoms with Crippen molar-refractivity contribution in [1.82, 2.24) is 9.97 Å². The summed E-state index contributed by atoms with van der Waals surface area (Å²) >= 11 is 0. The summed E-state index contributed by atoms with van der Waals surface area (Å²) in [6.45, 7) is 12.1. The predicted molar refractivity (Wildman–Crippen MR) is 164 cm³/mol. The third-order valence-corrected chi connectivity index (χ3v) is 8.20. The summed E-state index contributed by atoms with van der Waals surface area (Å²) in [5.74, 6) is 0.765. The molecule has 0 spiro atoms. The van der Waals surface area contributed by atoms with Crippen LogP contribution in [0.25, 0.3) is 27.6 Å². The first-order valence-corrected chi connectivity index (χ1v) is 14.2. The molecule has 4 nitrogen and oxygen atoms in total. The van der Waals surface area contributed by atoms with Gasteiger partial charge in [-0.05, 0) is 73.3 Å². The molecule has 2 aliphatic rings. The minimum atomic E-state index is -0.375. The molecule has 3 aromatic carbocycles. The number of hydrogen-bond acceptors (Lipinski definition) is 4. The average Bonchev–Trinajstić information content (AvgIpc) is 3.13. The second-order valence-electron chi connectivity index (χ2n) is 11.9. The monoisotopic (exact) mass is 724 g/mol. The van der Waals surface area contributed by atoms with Crippen LogP contribution in [0.5, 0.6) is 0 Å². The Hall–Kier alpha value is -2.95. The summed E-state index contributed by atoms with van der Waals surface area (Å²) in [6.07, 6.45) is 8.80. The first-order chi connectivity index (χ1) is 19.1. The van der Waals surface area contributed by atoms with Crippen LogP contribution in [0, 0.1) is 25.8 Å². The standard InChI is InChI=1S/C31H27N2.C5H12O2.Ir/c1-19-18-32-30(20(2)33-19)23-13-15-28-27(16-23)26-14-12-22(17-29(26)31(28,3)4)25-11-7-9-21-8-5-6-10-24(21)25;1-4(6)3-5(2)7;/h5-12,14-18,26,29H,1-4H3;4-7H,3H2,1-2H3;/q-1;;. The molecule has 2 aliphatic carbocycles. The van der Waals surface area contributed by atoms with Gasteiger partial charge in [0.05, 0.1) is 17.9 Å². The molecule has 1 heterocycles. The van der Waals surface area contributed by atoms with Gasteiger partial charge in [-0.2, -0.15) is 0 Å². The molecule has 0 aliphatic heterocycles. The van der Waals surface area contributed by atoms with Crippen molar-refractivity contribution >= 4 is 16.3 Å². The molecule has 6 rings (SSSR count). The van der Waals surface area contributed by atoms with Crippen LogP contribution in [0.2, 0.25) is 0 Å². The average molecular weight is 724 g/mol. The Labute approximate surface area is 257 Å². The zero-order valence-corrected chi connectivity index (χ0v) is 27.0. The maximum atomic E-state index is 8.56. The molecule has 1 radical (unpaired) electrons. The normalized spacial score (nSPS) is 19.7. The minimum absolute atomic E-state index is 0. The summed E-state index contributed by atoms with van der Waals surface area (Å²) in [6, 6.07) is 23.3. The Balaban J connectivity index is 0.000000434. The Morgan fingerprint density at radius 3 is 2.39 bits per heavy atom. The van der Waals surface area contributed by atoms with Crippen molar-refractivity contribution in [2.45, 2.75) is 71.5 Å². The zero-order chi connectivity index (χ0) is 28.6. The van der Waals surface area contributed by atoms with Crippen LogP contribution < -0.4 is 0 Å². The molecule has 2 N–H and O–H groups in total. The molecule has 4 atom stereocenters. The van der Waals surface area contributed by atoms with E-state index < -0.39 is 0 Å². The number of benzene rings is 3. The van der Waals surface area contributed by atoms with Crippen LogP contribution in [-0.2, 0) is 25.5 Å². The first-order valence-electron chi connectivity index (χ1n) is 14.2. The SMILES string of the molecule is CC(O)CC(C)O.Cc1cnc(-c2[c-]cc3c(c2)C2C=CC(c4cccc5ccccc45)=CC2C3(C)C)c(C)n1.[Ir]. The molecule has 0 fully saturated rings. The maximum absolute atomic E-state index is 8.56. The van der Waals surface area contributed by atoms with Crippen molar-refractivity contribution in [2.75, 3.05) is 0 Å². The van der Waals surface area contributed by atoms with Gasteiger partial charge in [-0.1, -0.05) is 74.5 Å². The van der Waals surface area contributed by atoms with E-state index in [1.165, 1.54) is 33.0 Å². The van der Waals surface area contributed by atoms with Crippen molar-refractivity contribution in [3.63, 3.8) is 0 Å². The number of hydrogen-bond donors (Lipinski definition) is 2. The largest absolute Gasteiger partial charge is 0.393 e. The summed E-state index contributed by atoms with van der Waals surface area (Å²) < 4.78 is 0. The molecule has 0 amide bonds. The number of aliphatic hydroxyl groups excluding tert-OH is 2. The summed E-state index contributed by atoms with van der Waals surface area (Å²) in [5, 5.41) is 19.7. The number of aliphatic hydroxyl groups is 2. The fraction of sp³-hybridized carbons (Fsp3) is 0.333. The Bertz CT molecular complexity index is 1590. The van der Waals surface area contributed by atoms with E-state index in [9.17, 15) is 0 Å². The number of nitrogens with zero attached hydrogens (tertiary/aromatic N) is 2.